The molecule has 0 spiro atoms. The zero-order chi connectivity index (χ0) is 47.6. The standard InChI is InChI=1S/C45H36O11S6.O3S/c46-44(47)21-22-57-45-36(18-13-30-24-41(58-39-7-3-1-5-34(30)39)27-11-15-32(16-12-27)60(48,49)50)28-9-10-29(23-28)37(45)19-14-31-25-42(59-40-8-4-2-6-35(31)40)38-20-17-33(61(51,52)53)26-43(38)62(54,55)56;1-4(2)3/h1-8,11-20,24-26,28-29H,9-10,21-23H2,(H3-,46,47,48,49,50,51,52,53,54,55,56);/p+1. The van der Waals surface area contributed by atoms with E-state index in [1.807, 2.05) is 54.6 Å². The van der Waals surface area contributed by atoms with Crippen LogP contribution in [-0.2, 0) is 45.8 Å². The Kier molecular flexibility index (Phi) is 14.8. The van der Waals surface area contributed by atoms with Gasteiger partial charge in [-0.25, -0.2) is 0 Å². The molecule has 1 aliphatic heterocycles. The monoisotopic (exact) mass is 1030 g/mol. The number of benzene rings is 4. The van der Waals surface area contributed by atoms with E-state index in [1.54, 1.807) is 30.0 Å². The highest BCUT2D eigenvalue weighted by atomic mass is 32.2. The minimum absolute atomic E-state index is 0.0392. The summed E-state index contributed by atoms with van der Waals surface area (Å²) >= 11 is 4.32. The van der Waals surface area contributed by atoms with Crippen LogP contribution in [0.1, 0.15) is 42.4 Å². The SMILES string of the molecule is O=C(O)CCSC1=C(/C=C/c2cc(-c3ccc(S(=O)(=O)O)cc3S(=O)(=O)O)[s+]c3ccccc23)C2CCC(C2)/C1=C\C=C1/C=C(c2ccc(S(=O)(=O)O)cc2)Sc2ccccc21.O=S(=O)=O. The van der Waals surface area contributed by atoms with Gasteiger partial charge in [-0.2, -0.15) is 25.3 Å². The molecule has 4 N–H and O–H groups in total. The summed E-state index contributed by atoms with van der Waals surface area (Å²) in [6, 6.07) is 26.4. The third kappa shape index (κ3) is 11.5. The highest BCUT2D eigenvalue weighted by Crippen LogP contribution is 2.53. The molecule has 21 heteroatoms. The van der Waals surface area contributed by atoms with Crippen molar-refractivity contribution in [3.05, 3.63) is 154 Å². The molecule has 0 radical (unpaired) electrons. The molecule has 1 saturated carbocycles. The summed E-state index contributed by atoms with van der Waals surface area (Å²) < 4.78 is 128. The average molecular weight is 1030 g/mol. The molecule has 2 heterocycles. The first-order valence-electron chi connectivity index (χ1n) is 19.7. The van der Waals surface area contributed by atoms with Gasteiger partial charge in [0.1, 0.15) is 4.90 Å². The van der Waals surface area contributed by atoms with Gasteiger partial charge in [-0.05, 0) is 113 Å². The number of thioether (sulfide) groups is 2. The second kappa shape index (κ2) is 20.0. The molecule has 4 aromatic carbocycles. The Morgan fingerprint density at radius 1 is 0.758 bits per heavy atom. The number of fused-ring (bicyclic) bond motifs is 4. The van der Waals surface area contributed by atoms with Crippen molar-refractivity contribution in [3.8, 4) is 10.4 Å². The molecule has 2 aliphatic carbocycles. The molecule has 1 fully saturated rings. The lowest BCUT2D eigenvalue weighted by atomic mass is 9.84. The van der Waals surface area contributed by atoms with E-state index in [9.17, 15) is 48.8 Å². The van der Waals surface area contributed by atoms with Crippen molar-refractivity contribution in [2.45, 2.75) is 45.3 Å². The van der Waals surface area contributed by atoms with Crippen LogP contribution in [0, 0.1) is 11.8 Å². The second-order valence-corrected chi connectivity index (χ2v) is 23.0. The number of hydrogen-bond acceptors (Lipinski definition) is 12. The average Bonchev–Trinajstić information content (AvgIpc) is 3.69. The van der Waals surface area contributed by atoms with Crippen LogP contribution in [0.15, 0.2) is 157 Å². The van der Waals surface area contributed by atoms with Gasteiger partial charge in [0.2, 0.25) is 20.9 Å². The fraction of sp³-hybridized carbons (Fsp3) is 0.156. The number of aliphatic carboxylic acids is 1. The first-order valence-corrected chi connectivity index (χ1v) is 27.6. The molecular weight excluding hydrogens is 989 g/mol. The van der Waals surface area contributed by atoms with E-state index in [-0.39, 0.29) is 28.7 Å². The lowest BCUT2D eigenvalue weighted by Crippen LogP contribution is -2.13. The third-order valence-electron chi connectivity index (χ3n) is 10.9. The maximum Gasteiger partial charge on any atom is 0.425 e. The van der Waals surface area contributed by atoms with Gasteiger partial charge in [-0.3, -0.25) is 18.5 Å². The lowest BCUT2D eigenvalue weighted by Gasteiger charge is -2.28. The van der Waals surface area contributed by atoms with Gasteiger partial charge in [0.05, 0.1) is 21.8 Å². The van der Waals surface area contributed by atoms with E-state index in [0.29, 0.717) is 10.6 Å². The van der Waals surface area contributed by atoms with Gasteiger partial charge >= 0.3 is 16.6 Å². The van der Waals surface area contributed by atoms with Crippen LogP contribution in [0.3, 0.4) is 0 Å². The molecule has 5 aromatic rings. The minimum Gasteiger partial charge on any atom is -0.481 e. The van der Waals surface area contributed by atoms with Crippen LogP contribution < -0.4 is 0 Å². The van der Waals surface area contributed by atoms with E-state index in [0.717, 1.165) is 89.6 Å². The van der Waals surface area contributed by atoms with E-state index >= 15 is 0 Å². The molecule has 14 nitrogen and oxygen atoms in total. The van der Waals surface area contributed by atoms with E-state index in [1.165, 1.54) is 41.3 Å². The largest absolute Gasteiger partial charge is 0.481 e. The van der Waals surface area contributed by atoms with Crippen molar-refractivity contribution in [3.63, 3.8) is 0 Å². The first kappa shape index (κ1) is 48.9. The van der Waals surface area contributed by atoms with Gasteiger partial charge < -0.3 is 5.11 Å². The van der Waals surface area contributed by atoms with Crippen molar-refractivity contribution in [2.75, 3.05) is 5.75 Å². The Bertz CT molecular complexity index is 3410. The summed E-state index contributed by atoms with van der Waals surface area (Å²) in [7, 11) is -17.2. The van der Waals surface area contributed by atoms with Crippen molar-refractivity contribution < 1.29 is 61.4 Å². The number of carboxylic acids is 1. The van der Waals surface area contributed by atoms with Crippen LogP contribution in [0.2, 0.25) is 0 Å². The van der Waals surface area contributed by atoms with Crippen LogP contribution in [0.4, 0.5) is 0 Å². The Balaban J connectivity index is 0.00000156. The molecule has 1 aromatic heterocycles. The number of rotatable bonds is 12. The van der Waals surface area contributed by atoms with Crippen LogP contribution >= 0.6 is 34.9 Å². The van der Waals surface area contributed by atoms with Crippen molar-refractivity contribution in [2.24, 2.45) is 11.8 Å². The van der Waals surface area contributed by atoms with Crippen LogP contribution in [0.5, 0.6) is 0 Å². The zero-order valence-corrected chi connectivity index (χ0v) is 39.8. The molecule has 0 amide bonds. The van der Waals surface area contributed by atoms with E-state index < -0.39 is 56.7 Å². The number of allylic oxidation sites excluding steroid dienone is 7. The lowest BCUT2D eigenvalue weighted by molar-refractivity contribution is -0.136. The van der Waals surface area contributed by atoms with Gasteiger partial charge in [0.25, 0.3) is 30.4 Å². The summed E-state index contributed by atoms with van der Waals surface area (Å²) in [5.41, 5.74) is 5.68. The molecule has 2 atom stereocenters. The summed E-state index contributed by atoms with van der Waals surface area (Å²) in [6.07, 6.45) is 13.0. The van der Waals surface area contributed by atoms with E-state index in [4.69, 9.17) is 12.6 Å². The summed E-state index contributed by atoms with van der Waals surface area (Å²) in [5.74, 6) is -0.120. The Hall–Kier alpha value is -5.07. The fourth-order valence-electron chi connectivity index (χ4n) is 8.02. The summed E-state index contributed by atoms with van der Waals surface area (Å²) in [6.45, 7) is 0. The van der Waals surface area contributed by atoms with Crippen LogP contribution in [0.25, 0.3) is 37.1 Å². The molecule has 2 unspecified atom stereocenters. The van der Waals surface area contributed by atoms with Gasteiger partial charge in [-0.1, -0.05) is 78.5 Å². The van der Waals surface area contributed by atoms with E-state index in [2.05, 4.69) is 24.3 Å². The molecular formula is C45H37O14S7+. The first-order chi connectivity index (χ1) is 31.2. The molecule has 0 saturated heterocycles. The predicted molar refractivity (Wildman–Crippen MR) is 255 cm³/mol. The summed E-state index contributed by atoms with van der Waals surface area (Å²) in [5, 5.41) is 10.5. The Labute approximate surface area is 394 Å². The summed E-state index contributed by atoms with van der Waals surface area (Å²) in [4.78, 5) is 13.5. The van der Waals surface area contributed by atoms with Gasteiger partial charge in [0, 0.05) is 38.0 Å². The predicted octanol–water partition coefficient (Wildman–Crippen LogP) is 9.65. The topological polar surface area (TPSA) is 252 Å². The Morgan fingerprint density at radius 2 is 1.41 bits per heavy atom. The number of carboxylic acid groups (broad SMARTS) is 1. The highest BCUT2D eigenvalue weighted by Gasteiger charge is 2.37. The smallest absolute Gasteiger partial charge is 0.425 e. The molecule has 2 bridgehead atoms. The molecule has 8 rings (SSSR count). The normalized spacial score (nSPS) is 18.6. The third-order valence-corrected chi connectivity index (χ3v) is 17.0. The van der Waals surface area contributed by atoms with Crippen molar-refractivity contribution in [1.82, 2.24) is 0 Å². The van der Waals surface area contributed by atoms with Gasteiger partial charge in [-0.15, -0.1) is 24.4 Å². The molecule has 3 aliphatic rings. The fourth-order valence-corrected chi connectivity index (χ4v) is 13.4. The Morgan fingerprint density at radius 3 is 2.09 bits per heavy atom. The van der Waals surface area contributed by atoms with Crippen LogP contribution in [-0.4, -0.2) is 68.4 Å². The second-order valence-electron chi connectivity index (χ2n) is 15.0. The van der Waals surface area contributed by atoms with Gasteiger partial charge in [0.15, 0.2) is 0 Å². The van der Waals surface area contributed by atoms with Crippen molar-refractivity contribution >= 4 is 108 Å². The maximum absolute atomic E-state index is 12.6. The zero-order valence-electron chi connectivity index (χ0n) is 34.0. The quantitative estimate of drug-likeness (QED) is 0.0670. The minimum atomic E-state index is -4.93. The maximum atomic E-state index is 12.6. The highest BCUT2D eigenvalue weighted by molar-refractivity contribution is 8.08. The molecule has 66 heavy (non-hydrogen) atoms. The number of carbonyl (C=O) groups is 1. The number of hydrogen-bond donors (Lipinski definition) is 4. The molecule has 342 valence electrons. The van der Waals surface area contributed by atoms with Crippen molar-refractivity contribution in [1.29, 1.82) is 0 Å².